The molecule has 29 heavy (non-hydrogen) atoms. The molecular formula is C20H27O7PS. The van der Waals surface area contributed by atoms with Gasteiger partial charge in [-0.2, -0.15) is 8.42 Å². The molecule has 0 aliphatic heterocycles. The topological polar surface area (TPSA) is 99.1 Å². The van der Waals surface area contributed by atoms with Crippen LogP contribution < -0.4 is 4.74 Å². The van der Waals surface area contributed by atoms with Gasteiger partial charge in [-0.25, -0.2) is 0 Å². The SMILES string of the molecule is CCOP(=O)(OCC)C(CCCc1ccc(Oc2ccccc2)cc1)S(=O)(=O)O. The zero-order chi connectivity index (χ0) is 21.3. The van der Waals surface area contributed by atoms with Crippen molar-refractivity contribution >= 4 is 17.7 Å². The van der Waals surface area contributed by atoms with Crippen LogP contribution in [0.5, 0.6) is 11.5 Å². The molecule has 2 rings (SSSR count). The van der Waals surface area contributed by atoms with E-state index in [4.69, 9.17) is 13.8 Å². The number of para-hydroxylation sites is 1. The molecule has 1 N–H and O–H groups in total. The van der Waals surface area contributed by atoms with Crippen LogP contribution in [0.4, 0.5) is 0 Å². The third kappa shape index (κ3) is 7.24. The molecule has 0 heterocycles. The highest BCUT2D eigenvalue weighted by atomic mass is 32.2. The first-order valence-electron chi connectivity index (χ1n) is 9.45. The molecule has 1 unspecified atom stereocenters. The molecule has 0 aliphatic carbocycles. The molecule has 0 saturated carbocycles. The van der Waals surface area contributed by atoms with Crippen molar-refractivity contribution in [3.8, 4) is 11.5 Å². The molecule has 7 nitrogen and oxygen atoms in total. The average Bonchev–Trinajstić information content (AvgIpc) is 2.66. The summed E-state index contributed by atoms with van der Waals surface area (Å²) in [7, 11) is -8.57. The van der Waals surface area contributed by atoms with Crippen LogP contribution in [0, 0.1) is 0 Å². The number of hydrogen-bond acceptors (Lipinski definition) is 6. The summed E-state index contributed by atoms with van der Waals surface area (Å²) in [5, 5.41) is 0. The monoisotopic (exact) mass is 442 g/mol. The van der Waals surface area contributed by atoms with Crippen molar-refractivity contribution in [3.05, 3.63) is 60.2 Å². The van der Waals surface area contributed by atoms with Gasteiger partial charge in [-0.3, -0.25) is 9.12 Å². The van der Waals surface area contributed by atoms with Crippen LogP contribution in [-0.2, 0) is 30.2 Å². The molecule has 0 amide bonds. The Labute approximate surface area is 172 Å². The van der Waals surface area contributed by atoms with Gasteiger partial charge < -0.3 is 13.8 Å². The van der Waals surface area contributed by atoms with Gasteiger partial charge in [0, 0.05) is 0 Å². The fraction of sp³-hybridized carbons (Fsp3) is 0.400. The van der Waals surface area contributed by atoms with Crippen molar-refractivity contribution < 1.29 is 31.3 Å². The van der Waals surface area contributed by atoms with Crippen LogP contribution in [0.15, 0.2) is 54.6 Å². The number of rotatable bonds is 12. The van der Waals surface area contributed by atoms with Crippen molar-refractivity contribution in [2.45, 2.75) is 38.1 Å². The van der Waals surface area contributed by atoms with Crippen molar-refractivity contribution in [1.29, 1.82) is 0 Å². The molecule has 0 radical (unpaired) electrons. The smallest absolute Gasteiger partial charge is 0.351 e. The van der Waals surface area contributed by atoms with Crippen LogP contribution in [0.1, 0.15) is 32.3 Å². The Morgan fingerprint density at radius 1 is 0.931 bits per heavy atom. The van der Waals surface area contributed by atoms with Crippen LogP contribution in [0.25, 0.3) is 0 Å². The van der Waals surface area contributed by atoms with E-state index in [1.165, 1.54) is 0 Å². The Morgan fingerprint density at radius 2 is 1.48 bits per heavy atom. The molecule has 0 spiro atoms. The molecule has 0 aromatic heterocycles. The third-order valence-corrected chi connectivity index (χ3v) is 8.83. The maximum atomic E-state index is 12.8. The molecular weight excluding hydrogens is 415 g/mol. The first kappa shape index (κ1) is 23.6. The van der Waals surface area contributed by atoms with Gasteiger partial charge in [0.15, 0.2) is 4.99 Å². The van der Waals surface area contributed by atoms with Crippen molar-refractivity contribution in [2.75, 3.05) is 13.2 Å². The highest BCUT2D eigenvalue weighted by Crippen LogP contribution is 2.56. The molecule has 1 atom stereocenters. The van der Waals surface area contributed by atoms with Crippen LogP contribution in [0.2, 0.25) is 0 Å². The molecule has 9 heteroatoms. The van der Waals surface area contributed by atoms with Crippen molar-refractivity contribution in [3.63, 3.8) is 0 Å². The molecule has 2 aromatic carbocycles. The van der Waals surface area contributed by atoms with Crippen molar-refractivity contribution in [2.24, 2.45) is 0 Å². The van der Waals surface area contributed by atoms with E-state index in [9.17, 15) is 17.5 Å². The Balaban J connectivity index is 1.99. The highest BCUT2D eigenvalue weighted by Gasteiger charge is 2.43. The Kier molecular flexibility index (Phi) is 8.86. The van der Waals surface area contributed by atoms with Gasteiger partial charge in [-0.05, 0) is 62.9 Å². The van der Waals surface area contributed by atoms with Crippen LogP contribution in [0.3, 0.4) is 0 Å². The Morgan fingerprint density at radius 3 is 2.00 bits per heavy atom. The quantitative estimate of drug-likeness (QED) is 0.353. The minimum Gasteiger partial charge on any atom is -0.457 e. The first-order valence-corrected chi connectivity index (χ1v) is 12.6. The van der Waals surface area contributed by atoms with Crippen molar-refractivity contribution in [1.82, 2.24) is 0 Å². The second-order valence-electron chi connectivity index (χ2n) is 6.30. The third-order valence-electron chi connectivity index (χ3n) is 4.13. The standard InChI is InChI=1S/C20H27O7PS/c1-3-25-28(21,26-4-2)20(29(22,23)24)12-8-9-17-13-15-19(16-14-17)27-18-10-6-5-7-11-18/h5-7,10-11,13-16,20H,3-4,8-9,12H2,1-2H3,(H,22,23,24). The summed E-state index contributed by atoms with van der Waals surface area (Å²) in [5.41, 5.74) is 0.960. The predicted molar refractivity (Wildman–Crippen MR) is 112 cm³/mol. The lowest BCUT2D eigenvalue weighted by atomic mass is 10.1. The van der Waals surface area contributed by atoms with E-state index in [1.807, 2.05) is 54.6 Å². The fourth-order valence-electron chi connectivity index (χ4n) is 2.86. The zero-order valence-corrected chi connectivity index (χ0v) is 18.3. The summed E-state index contributed by atoms with van der Waals surface area (Å²) in [5.74, 6) is 1.42. The largest absolute Gasteiger partial charge is 0.457 e. The summed E-state index contributed by atoms with van der Waals surface area (Å²) in [6.45, 7) is 3.22. The second kappa shape index (κ2) is 10.9. The molecule has 0 saturated heterocycles. The van der Waals surface area contributed by atoms with E-state index < -0.39 is 22.7 Å². The molecule has 0 aliphatic rings. The Hall–Kier alpha value is -1.70. The maximum absolute atomic E-state index is 12.8. The van der Waals surface area contributed by atoms with Crippen LogP contribution >= 0.6 is 7.60 Å². The fourth-order valence-corrected chi connectivity index (χ4v) is 6.62. The second-order valence-corrected chi connectivity index (χ2v) is 10.5. The maximum Gasteiger partial charge on any atom is 0.351 e. The predicted octanol–water partition coefficient (Wildman–Crippen LogP) is 5.28. The first-order chi connectivity index (χ1) is 13.8. The molecule has 160 valence electrons. The Bertz CT molecular complexity index is 888. The van der Waals surface area contributed by atoms with E-state index in [1.54, 1.807) is 13.8 Å². The van der Waals surface area contributed by atoms with E-state index in [0.717, 1.165) is 11.3 Å². The lowest BCUT2D eigenvalue weighted by molar-refractivity contribution is 0.215. The number of ether oxygens (including phenoxy) is 1. The summed E-state index contributed by atoms with van der Waals surface area (Å²) >= 11 is 0. The molecule has 0 bridgehead atoms. The normalized spacial score (nSPS) is 13.2. The summed E-state index contributed by atoms with van der Waals surface area (Å²) in [4.78, 5) is -1.60. The van der Waals surface area contributed by atoms with Gasteiger partial charge in [-0.15, -0.1) is 0 Å². The molecule has 0 fully saturated rings. The molecule has 2 aromatic rings. The lowest BCUT2D eigenvalue weighted by Crippen LogP contribution is -2.23. The van der Waals surface area contributed by atoms with Gasteiger partial charge in [0.25, 0.3) is 10.1 Å². The van der Waals surface area contributed by atoms with Gasteiger partial charge in [0.2, 0.25) is 0 Å². The van der Waals surface area contributed by atoms with Gasteiger partial charge in [0.05, 0.1) is 13.2 Å². The number of hydrogen-bond donors (Lipinski definition) is 1. The number of aryl methyl sites for hydroxylation is 1. The van der Waals surface area contributed by atoms with Gasteiger partial charge in [-0.1, -0.05) is 30.3 Å². The highest BCUT2D eigenvalue weighted by molar-refractivity contribution is 7.94. The van der Waals surface area contributed by atoms with E-state index in [-0.39, 0.29) is 19.6 Å². The summed E-state index contributed by atoms with van der Waals surface area (Å²) < 4.78 is 61.9. The minimum atomic E-state index is -4.60. The lowest BCUT2D eigenvalue weighted by Gasteiger charge is -2.24. The summed E-state index contributed by atoms with van der Waals surface area (Å²) in [6, 6.07) is 16.8. The number of benzene rings is 2. The zero-order valence-electron chi connectivity index (χ0n) is 16.6. The average molecular weight is 442 g/mol. The van der Waals surface area contributed by atoms with Crippen LogP contribution in [-0.4, -0.2) is 31.2 Å². The van der Waals surface area contributed by atoms with E-state index in [2.05, 4.69) is 0 Å². The van der Waals surface area contributed by atoms with E-state index in [0.29, 0.717) is 18.6 Å². The van der Waals surface area contributed by atoms with Gasteiger partial charge >= 0.3 is 7.60 Å². The summed E-state index contributed by atoms with van der Waals surface area (Å²) in [6.07, 6.45) is 0.877. The van der Waals surface area contributed by atoms with E-state index >= 15 is 0 Å². The minimum absolute atomic E-state index is 0.0200. The van der Waals surface area contributed by atoms with Gasteiger partial charge in [0.1, 0.15) is 11.5 Å².